The van der Waals surface area contributed by atoms with Crippen molar-refractivity contribution in [1.82, 2.24) is 0 Å². The topological polar surface area (TPSA) is 0 Å². The third kappa shape index (κ3) is 4.74. The van der Waals surface area contributed by atoms with Gasteiger partial charge in [0.15, 0.2) is 0 Å². The van der Waals surface area contributed by atoms with E-state index in [4.69, 9.17) is 0 Å². The Balaban J connectivity index is 2.17. The van der Waals surface area contributed by atoms with Crippen molar-refractivity contribution in [1.29, 1.82) is 0 Å². The van der Waals surface area contributed by atoms with Gasteiger partial charge in [0, 0.05) is 11.1 Å². The van der Waals surface area contributed by atoms with Crippen LogP contribution in [-0.4, -0.2) is 0 Å². The molecule has 0 atom stereocenters. The van der Waals surface area contributed by atoms with E-state index in [1.807, 2.05) is 6.07 Å². The van der Waals surface area contributed by atoms with Crippen molar-refractivity contribution in [3.05, 3.63) is 70.5 Å². The lowest BCUT2D eigenvalue weighted by molar-refractivity contribution is 0.626. The van der Waals surface area contributed by atoms with E-state index in [1.54, 1.807) is 0 Å². The van der Waals surface area contributed by atoms with Gasteiger partial charge in [0.05, 0.1) is 0 Å². The van der Waals surface area contributed by atoms with Crippen LogP contribution in [0.1, 0.15) is 55.4 Å². The van der Waals surface area contributed by atoms with Crippen molar-refractivity contribution < 1.29 is 4.39 Å². The van der Waals surface area contributed by atoms with Gasteiger partial charge in [-0.25, -0.2) is 4.39 Å². The first-order valence-electron chi connectivity index (χ1n) is 8.12. The molecule has 0 saturated carbocycles. The molecule has 0 aliphatic carbocycles. The summed E-state index contributed by atoms with van der Waals surface area (Å²) in [6.07, 6.45) is 5.51. The number of hydrogen-bond donors (Lipinski definition) is 0. The fraction of sp³-hybridized carbons (Fsp3) is 0.333. The molecule has 0 aliphatic heterocycles. The Labute approximate surface area is 133 Å². The summed E-state index contributed by atoms with van der Waals surface area (Å²) < 4.78 is 13.4. The third-order valence-corrected chi connectivity index (χ3v) is 3.71. The molecular formula is C21H23F. The van der Waals surface area contributed by atoms with Gasteiger partial charge in [-0.3, -0.25) is 0 Å². The summed E-state index contributed by atoms with van der Waals surface area (Å²) >= 11 is 0. The lowest BCUT2D eigenvalue weighted by Gasteiger charge is -2.03. The maximum Gasteiger partial charge on any atom is 0.124 e. The molecule has 1 heteroatoms. The molecule has 0 fully saturated rings. The molecule has 0 saturated heterocycles. The molecule has 2 rings (SSSR count). The van der Waals surface area contributed by atoms with Gasteiger partial charge in [-0.1, -0.05) is 56.7 Å². The van der Waals surface area contributed by atoms with Gasteiger partial charge >= 0.3 is 0 Å². The fourth-order valence-electron chi connectivity index (χ4n) is 2.43. The van der Waals surface area contributed by atoms with Gasteiger partial charge in [0.1, 0.15) is 5.82 Å². The molecule has 0 aromatic heterocycles. The largest absolute Gasteiger partial charge is 0.207 e. The number of aryl methyl sites for hydroxylation is 2. The molecule has 0 spiro atoms. The molecule has 0 nitrogen and oxygen atoms in total. The van der Waals surface area contributed by atoms with E-state index in [9.17, 15) is 4.39 Å². The number of hydrogen-bond acceptors (Lipinski definition) is 0. The van der Waals surface area contributed by atoms with E-state index in [-0.39, 0.29) is 5.82 Å². The smallest absolute Gasteiger partial charge is 0.124 e. The van der Waals surface area contributed by atoms with Crippen LogP contribution in [0.5, 0.6) is 0 Å². The first kappa shape index (κ1) is 16.3. The molecule has 0 aliphatic rings. The number of halogens is 1. The Morgan fingerprint density at radius 1 is 0.864 bits per heavy atom. The molecular weight excluding hydrogens is 271 g/mol. The van der Waals surface area contributed by atoms with Crippen molar-refractivity contribution in [2.75, 3.05) is 0 Å². The molecule has 114 valence electrons. The molecule has 0 N–H and O–H groups in total. The minimum Gasteiger partial charge on any atom is -0.207 e. The summed E-state index contributed by atoms with van der Waals surface area (Å²) in [5, 5.41) is 0. The minimum atomic E-state index is -0.223. The van der Waals surface area contributed by atoms with Crippen molar-refractivity contribution >= 4 is 0 Å². The van der Waals surface area contributed by atoms with Crippen LogP contribution in [0.2, 0.25) is 0 Å². The second-order valence-corrected chi connectivity index (χ2v) is 5.60. The fourth-order valence-corrected chi connectivity index (χ4v) is 2.43. The Morgan fingerprint density at radius 2 is 1.64 bits per heavy atom. The number of benzene rings is 2. The molecule has 0 heterocycles. The number of unbranched alkanes of at least 4 members (excludes halogenated alkanes) is 1. The summed E-state index contributed by atoms with van der Waals surface area (Å²) in [6.45, 7) is 4.32. The summed E-state index contributed by atoms with van der Waals surface area (Å²) in [6, 6.07) is 13.3. The normalized spacial score (nSPS) is 10.1. The van der Waals surface area contributed by atoms with Gasteiger partial charge in [0.25, 0.3) is 0 Å². The zero-order chi connectivity index (χ0) is 15.8. The first-order chi connectivity index (χ1) is 10.7. The zero-order valence-electron chi connectivity index (χ0n) is 13.5. The second kappa shape index (κ2) is 8.39. The van der Waals surface area contributed by atoms with E-state index < -0.39 is 0 Å². The summed E-state index contributed by atoms with van der Waals surface area (Å²) in [7, 11) is 0. The predicted octanol–water partition coefficient (Wildman–Crippen LogP) is 5.52. The average molecular weight is 294 g/mol. The van der Waals surface area contributed by atoms with E-state index in [0.717, 1.165) is 36.0 Å². The van der Waals surface area contributed by atoms with Crippen LogP contribution in [-0.2, 0) is 12.8 Å². The second-order valence-electron chi connectivity index (χ2n) is 5.60. The zero-order valence-corrected chi connectivity index (χ0v) is 13.5. The monoisotopic (exact) mass is 294 g/mol. The van der Waals surface area contributed by atoms with Crippen molar-refractivity contribution in [3.8, 4) is 11.8 Å². The average Bonchev–Trinajstić information content (AvgIpc) is 2.54. The predicted molar refractivity (Wildman–Crippen MR) is 91.4 cm³/mol. The van der Waals surface area contributed by atoms with Crippen LogP contribution in [0.25, 0.3) is 0 Å². The van der Waals surface area contributed by atoms with Gasteiger partial charge in [-0.15, -0.1) is 0 Å². The van der Waals surface area contributed by atoms with Crippen molar-refractivity contribution in [2.24, 2.45) is 0 Å². The van der Waals surface area contributed by atoms with E-state index in [1.165, 1.54) is 30.5 Å². The van der Waals surface area contributed by atoms with Gasteiger partial charge in [-0.05, 0) is 54.7 Å². The van der Waals surface area contributed by atoms with Gasteiger partial charge in [-0.2, -0.15) is 0 Å². The highest BCUT2D eigenvalue weighted by atomic mass is 19.1. The minimum absolute atomic E-state index is 0.223. The highest BCUT2D eigenvalue weighted by Crippen LogP contribution is 2.13. The molecule has 0 radical (unpaired) electrons. The van der Waals surface area contributed by atoms with Crippen molar-refractivity contribution in [2.45, 2.75) is 46.0 Å². The highest BCUT2D eigenvalue weighted by molar-refractivity contribution is 5.47. The Bertz CT molecular complexity index is 657. The van der Waals surface area contributed by atoms with E-state index in [2.05, 4.69) is 50.0 Å². The van der Waals surface area contributed by atoms with Gasteiger partial charge in [0.2, 0.25) is 0 Å². The molecule has 2 aromatic carbocycles. The van der Waals surface area contributed by atoms with Crippen molar-refractivity contribution in [3.63, 3.8) is 0 Å². The van der Waals surface area contributed by atoms with Crippen LogP contribution >= 0.6 is 0 Å². The van der Waals surface area contributed by atoms with E-state index >= 15 is 0 Å². The Hall–Kier alpha value is -2.07. The molecule has 0 amide bonds. The summed E-state index contributed by atoms with van der Waals surface area (Å²) in [5.41, 5.74) is 4.25. The molecule has 2 aromatic rings. The van der Waals surface area contributed by atoms with Crippen LogP contribution in [0.15, 0.2) is 42.5 Å². The maximum absolute atomic E-state index is 13.4. The lowest BCUT2D eigenvalue weighted by atomic mass is 10.0. The summed E-state index contributed by atoms with van der Waals surface area (Å²) in [4.78, 5) is 0. The summed E-state index contributed by atoms with van der Waals surface area (Å²) in [5.74, 6) is 6.06. The molecule has 22 heavy (non-hydrogen) atoms. The first-order valence-corrected chi connectivity index (χ1v) is 8.12. The van der Waals surface area contributed by atoms with Crippen LogP contribution in [0.3, 0.4) is 0 Å². The quantitative estimate of drug-likeness (QED) is 0.637. The van der Waals surface area contributed by atoms with Crippen LogP contribution < -0.4 is 0 Å². The standard InChI is InChI=1S/C21H23F/c1-3-5-7-17-8-10-18(11-9-17)12-13-20-16-21(22)15-14-19(20)6-4-2/h8-11,14-16H,3-7H2,1-2H3. The number of rotatable bonds is 5. The van der Waals surface area contributed by atoms with Crippen LogP contribution in [0.4, 0.5) is 4.39 Å². The highest BCUT2D eigenvalue weighted by Gasteiger charge is 2.01. The Morgan fingerprint density at radius 3 is 2.32 bits per heavy atom. The molecule has 0 unspecified atom stereocenters. The van der Waals surface area contributed by atoms with Gasteiger partial charge < -0.3 is 0 Å². The van der Waals surface area contributed by atoms with E-state index in [0.29, 0.717) is 0 Å². The van der Waals surface area contributed by atoms with Crippen LogP contribution in [0, 0.1) is 17.7 Å². The lowest BCUT2D eigenvalue weighted by Crippen LogP contribution is -1.91. The SMILES string of the molecule is CCCCc1ccc(C#Cc2cc(F)ccc2CCC)cc1. The maximum atomic E-state index is 13.4. The Kier molecular flexibility index (Phi) is 6.22. The third-order valence-electron chi connectivity index (χ3n) is 3.71. The molecule has 0 bridgehead atoms.